The van der Waals surface area contributed by atoms with Crippen molar-refractivity contribution in [2.75, 3.05) is 7.11 Å². The number of amides is 1. The molecule has 0 bridgehead atoms. The number of aryl methyl sites for hydroxylation is 2. The average molecular weight is 341 g/mol. The summed E-state index contributed by atoms with van der Waals surface area (Å²) in [5.41, 5.74) is 3.59. The molecule has 0 aliphatic carbocycles. The smallest absolute Gasteiger partial charge is 0.261 e. The topological polar surface area (TPSA) is 47.6 Å². The molecule has 0 aliphatic rings. The molecule has 4 heteroatoms. The molecule has 2 rings (SSSR count). The van der Waals surface area contributed by atoms with E-state index in [-0.39, 0.29) is 11.9 Å². The minimum Gasteiger partial charge on any atom is -0.493 e. The molecular weight excluding hydrogens is 314 g/mol. The van der Waals surface area contributed by atoms with Crippen molar-refractivity contribution in [3.05, 3.63) is 59.2 Å². The van der Waals surface area contributed by atoms with Crippen LogP contribution in [-0.4, -0.2) is 19.1 Å². The number of rotatable bonds is 7. The molecule has 1 amide bonds. The second-order valence-electron chi connectivity index (χ2n) is 6.22. The Morgan fingerprint density at radius 1 is 1.08 bits per heavy atom. The van der Waals surface area contributed by atoms with E-state index < -0.39 is 6.10 Å². The molecule has 2 atom stereocenters. The van der Waals surface area contributed by atoms with Gasteiger partial charge in [0.25, 0.3) is 5.91 Å². The normalized spacial score (nSPS) is 13.0. The molecule has 4 nitrogen and oxygen atoms in total. The standard InChI is InChI=1S/C21H27NO3/c1-6-18(17-12-11-14(2)15(3)13-17)22-21(23)16(4)25-20-10-8-7-9-19(20)24-5/h7-13,16,18H,6H2,1-5H3,(H,22,23)/t16-,18-/m1/s1. The number of carbonyl (C=O) groups excluding carboxylic acids is 1. The molecule has 134 valence electrons. The number of nitrogens with one attached hydrogen (secondary N) is 1. The van der Waals surface area contributed by atoms with Crippen molar-refractivity contribution in [1.29, 1.82) is 0 Å². The van der Waals surface area contributed by atoms with Crippen molar-refractivity contribution in [3.63, 3.8) is 0 Å². The van der Waals surface area contributed by atoms with Crippen LogP contribution in [0.5, 0.6) is 11.5 Å². The maximum Gasteiger partial charge on any atom is 0.261 e. The lowest BCUT2D eigenvalue weighted by Crippen LogP contribution is -2.38. The fourth-order valence-electron chi connectivity index (χ4n) is 2.65. The van der Waals surface area contributed by atoms with Gasteiger partial charge in [-0.15, -0.1) is 0 Å². The zero-order valence-electron chi connectivity index (χ0n) is 15.6. The Labute approximate surface area is 150 Å². The largest absolute Gasteiger partial charge is 0.493 e. The third-order valence-electron chi connectivity index (χ3n) is 4.40. The highest BCUT2D eigenvalue weighted by atomic mass is 16.5. The summed E-state index contributed by atoms with van der Waals surface area (Å²) >= 11 is 0. The first kappa shape index (κ1) is 18.8. The number of carbonyl (C=O) groups is 1. The summed E-state index contributed by atoms with van der Waals surface area (Å²) in [5.74, 6) is 1.03. The highest BCUT2D eigenvalue weighted by Crippen LogP contribution is 2.27. The molecule has 0 spiro atoms. The molecule has 0 unspecified atom stereocenters. The van der Waals surface area contributed by atoms with Crippen LogP contribution in [-0.2, 0) is 4.79 Å². The van der Waals surface area contributed by atoms with Crippen LogP contribution >= 0.6 is 0 Å². The fourth-order valence-corrected chi connectivity index (χ4v) is 2.65. The molecule has 0 aliphatic heterocycles. The minimum absolute atomic E-state index is 0.0319. The van der Waals surface area contributed by atoms with E-state index in [0.717, 1.165) is 12.0 Å². The number of ether oxygens (including phenoxy) is 2. The second kappa shape index (κ2) is 8.56. The number of hydrogen-bond donors (Lipinski definition) is 1. The van der Waals surface area contributed by atoms with Crippen LogP contribution in [0.15, 0.2) is 42.5 Å². The van der Waals surface area contributed by atoms with Gasteiger partial charge in [0.2, 0.25) is 0 Å². The molecule has 25 heavy (non-hydrogen) atoms. The Morgan fingerprint density at radius 2 is 1.76 bits per heavy atom. The van der Waals surface area contributed by atoms with E-state index >= 15 is 0 Å². The average Bonchev–Trinajstić information content (AvgIpc) is 2.62. The Morgan fingerprint density at radius 3 is 2.36 bits per heavy atom. The Bertz CT molecular complexity index is 727. The summed E-state index contributed by atoms with van der Waals surface area (Å²) in [5, 5.41) is 3.08. The first-order valence-corrected chi connectivity index (χ1v) is 8.63. The van der Waals surface area contributed by atoms with Crippen LogP contribution in [0.25, 0.3) is 0 Å². The van der Waals surface area contributed by atoms with Crippen molar-refractivity contribution in [2.45, 2.75) is 46.3 Å². The van der Waals surface area contributed by atoms with E-state index in [2.05, 4.69) is 44.3 Å². The zero-order chi connectivity index (χ0) is 18.4. The van der Waals surface area contributed by atoms with Gasteiger partial charge in [0, 0.05) is 0 Å². The van der Waals surface area contributed by atoms with Crippen LogP contribution in [0.1, 0.15) is 43.0 Å². The van der Waals surface area contributed by atoms with Gasteiger partial charge in [-0.2, -0.15) is 0 Å². The van der Waals surface area contributed by atoms with Gasteiger partial charge in [-0.25, -0.2) is 0 Å². The number of benzene rings is 2. The van der Waals surface area contributed by atoms with E-state index in [0.29, 0.717) is 11.5 Å². The molecule has 0 saturated heterocycles. The van der Waals surface area contributed by atoms with Gasteiger partial charge < -0.3 is 14.8 Å². The molecule has 0 fully saturated rings. The molecule has 1 N–H and O–H groups in total. The summed E-state index contributed by atoms with van der Waals surface area (Å²) in [6.45, 7) is 7.98. The van der Waals surface area contributed by atoms with Gasteiger partial charge in [-0.1, -0.05) is 37.3 Å². The van der Waals surface area contributed by atoms with E-state index in [4.69, 9.17) is 9.47 Å². The van der Waals surface area contributed by atoms with E-state index in [9.17, 15) is 4.79 Å². The lowest BCUT2D eigenvalue weighted by molar-refractivity contribution is -0.128. The number of methoxy groups -OCH3 is 1. The maximum atomic E-state index is 12.6. The fraction of sp³-hybridized carbons (Fsp3) is 0.381. The van der Waals surface area contributed by atoms with Crippen molar-refractivity contribution >= 4 is 5.91 Å². The molecule has 2 aromatic rings. The lowest BCUT2D eigenvalue weighted by atomic mass is 9.99. The van der Waals surface area contributed by atoms with Crippen LogP contribution in [0, 0.1) is 13.8 Å². The number of hydrogen-bond acceptors (Lipinski definition) is 3. The van der Waals surface area contributed by atoms with Gasteiger partial charge in [0.15, 0.2) is 17.6 Å². The lowest BCUT2D eigenvalue weighted by Gasteiger charge is -2.22. The zero-order valence-corrected chi connectivity index (χ0v) is 15.6. The minimum atomic E-state index is -0.614. The Hall–Kier alpha value is -2.49. The van der Waals surface area contributed by atoms with Crippen molar-refractivity contribution in [2.24, 2.45) is 0 Å². The number of para-hydroxylation sites is 2. The van der Waals surface area contributed by atoms with E-state index in [1.807, 2.05) is 18.2 Å². The summed E-state index contributed by atoms with van der Waals surface area (Å²) in [4.78, 5) is 12.6. The van der Waals surface area contributed by atoms with Crippen molar-refractivity contribution < 1.29 is 14.3 Å². The maximum absolute atomic E-state index is 12.6. The highest BCUT2D eigenvalue weighted by molar-refractivity contribution is 5.81. The predicted octanol–water partition coefficient (Wildman–Crippen LogP) is 4.35. The quantitative estimate of drug-likeness (QED) is 0.814. The predicted molar refractivity (Wildman–Crippen MR) is 100 cm³/mol. The van der Waals surface area contributed by atoms with Crippen LogP contribution < -0.4 is 14.8 Å². The summed E-state index contributed by atoms with van der Waals surface area (Å²) in [7, 11) is 1.58. The van der Waals surface area contributed by atoms with Gasteiger partial charge in [0.05, 0.1) is 13.2 Å². The van der Waals surface area contributed by atoms with Gasteiger partial charge in [0.1, 0.15) is 0 Å². The highest BCUT2D eigenvalue weighted by Gasteiger charge is 2.20. The summed E-state index contributed by atoms with van der Waals surface area (Å²) < 4.78 is 11.1. The second-order valence-corrected chi connectivity index (χ2v) is 6.22. The van der Waals surface area contributed by atoms with Crippen LogP contribution in [0.4, 0.5) is 0 Å². The van der Waals surface area contributed by atoms with Crippen LogP contribution in [0.2, 0.25) is 0 Å². The van der Waals surface area contributed by atoms with Gasteiger partial charge in [-0.05, 0) is 56.0 Å². The van der Waals surface area contributed by atoms with E-state index in [1.54, 1.807) is 20.1 Å². The Kier molecular flexibility index (Phi) is 6.45. The van der Waals surface area contributed by atoms with Gasteiger partial charge in [-0.3, -0.25) is 4.79 Å². The molecule has 0 radical (unpaired) electrons. The van der Waals surface area contributed by atoms with Gasteiger partial charge >= 0.3 is 0 Å². The molecular formula is C21H27NO3. The molecule has 0 heterocycles. The third-order valence-corrected chi connectivity index (χ3v) is 4.40. The summed E-state index contributed by atoms with van der Waals surface area (Å²) in [6.07, 6.45) is 0.201. The molecule has 0 saturated carbocycles. The van der Waals surface area contributed by atoms with Crippen molar-refractivity contribution in [1.82, 2.24) is 5.32 Å². The third kappa shape index (κ3) is 4.75. The molecule has 2 aromatic carbocycles. The Balaban J connectivity index is 2.06. The first-order chi connectivity index (χ1) is 12.0. The first-order valence-electron chi connectivity index (χ1n) is 8.63. The molecule has 0 aromatic heterocycles. The van der Waals surface area contributed by atoms with Crippen molar-refractivity contribution in [3.8, 4) is 11.5 Å². The monoisotopic (exact) mass is 341 g/mol. The van der Waals surface area contributed by atoms with E-state index in [1.165, 1.54) is 11.1 Å². The van der Waals surface area contributed by atoms with Crippen LogP contribution in [0.3, 0.4) is 0 Å². The SMILES string of the molecule is CC[C@@H](NC(=O)[C@@H](C)Oc1ccccc1OC)c1ccc(C)c(C)c1. The summed E-state index contributed by atoms with van der Waals surface area (Å²) in [6, 6.07) is 13.6.